The third-order valence-electron chi connectivity index (χ3n) is 5.23. The standard InChI is InChI=1S/C28H22N2OS/c1-31-25-19-17-22(18-20-25)27-29-26(21-11-5-2-6-12-21)28(32-27)30(23-13-7-3-8-14-23)24-15-9-4-10-16-24/h2-20H,1H3. The maximum absolute atomic E-state index is 5.33. The summed E-state index contributed by atoms with van der Waals surface area (Å²) in [4.78, 5) is 7.40. The van der Waals surface area contributed by atoms with Crippen LogP contribution in [0.4, 0.5) is 16.4 Å². The zero-order valence-corrected chi connectivity index (χ0v) is 18.5. The van der Waals surface area contributed by atoms with Crippen LogP contribution in [0.1, 0.15) is 0 Å². The Kier molecular flexibility index (Phi) is 5.69. The molecule has 0 amide bonds. The number of ether oxygens (including phenoxy) is 1. The highest BCUT2D eigenvalue weighted by molar-refractivity contribution is 7.19. The monoisotopic (exact) mass is 434 g/mol. The van der Waals surface area contributed by atoms with Gasteiger partial charge in [-0.25, -0.2) is 4.98 Å². The summed E-state index contributed by atoms with van der Waals surface area (Å²) in [5.74, 6) is 0.837. The highest BCUT2D eigenvalue weighted by atomic mass is 32.1. The Labute approximate surface area is 192 Å². The first kappa shape index (κ1) is 20.0. The number of para-hydroxylation sites is 2. The number of hydrogen-bond donors (Lipinski definition) is 0. The second kappa shape index (κ2) is 9.08. The van der Waals surface area contributed by atoms with Gasteiger partial charge < -0.3 is 9.64 Å². The fourth-order valence-electron chi connectivity index (χ4n) is 3.64. The van der Waals surface area contributed by atoms with Crippen LogP contribution < -0.4 is 9.64 Å². The van der Waals surface area contributed by atoms with Gasteiger partial charge in [0, 0.05) is 22.5 Å². The molecule has 1 aromatic heterocycles. The Bertz CT molecular complexity index is 1240. The zero-order chi connectivity index (χ0) is 21.8. The van der Waals surface area contributed by atoms with Gasteiger partial charge in [-0.2, -0.15) is 0 Å². The van der Waals surface area contributed by atoms with Gasteiger partial charge in [-0.1, -0.05) is 78.1 Å². The Morgan fingerprint density at radius 1 is 0.625 bits per heavy atom. The van der Waals surface area contributed by atoms with E-state index in [-0.39, 0.29) is 0 Å². The van der Waals surface area contributed by atoms with Gasteiger partial charge in [0.2, 0.25) is 0 Å². The van der Waals surface area contributed by atoms with Crippen molar-refractivity contribution in [3.8, 4) is 27.6 Å². The minimum Gasteiger partial charge on any atom is -0.497 e. The summed E-state index contributed by atoms with van der Waals surface area (Å²) < 4.78 is 5.33. The molecular formula is C28H22N2OS. The minimum atomic E-state index is 0.837. The van der Waals surface area contributed by atoms with Crippen LogP contribution in [0.15, 0.2) is 115 Å². The van der Waals surface area contributed by atoms with E-state index >= 15 is 0 Å². The smallest absolute Gasteiger partial charge is 0.129 e. The van der Waals surface area contributed by atoms with Crippen molar-refractivity contribution in [1.82, 2.24) is 4.98 Å². The molecule has 5 rings (SSSR count). The van der Waals surface area contributed by atoms with E-state index in [1.165, 1.54) is 0 Å². The first-order valence-corrected chi connectivity index (χ1v) is 11.3. The summed E-state index contributed by atoms with van der Waals surface area (Å²) in [6, 6.07) is 39.3. The highest BCUT2D eigenvalue weighted by Crippen LogP contribution is 2.46. The first-order valence-electron chi connectivity index (χ1n) is 10.4. The van der Waals surface area contributed by atoms with Crippen molar-refractivity contribution in [2.75, 3.05) is 12.0 Å². The molecule has 0 radical (unpaired) electrons. The quantitative estimate of drug-likeness (QED) is 0.271. The Morgan fingerprint density at radius 2 is 1.16 bits per heavy atom. The molecule has 0 saturated heterocycles. The molecule has 156 valence electrons. The molecule has 0 aliphatic heterocycles. The zero-order valence-electron chi connectivity index (χ0n) is 17.7. The van der Waals surface area contributed by atoms with Gasteiger partial charge in [-0.15, -0.1) is 0 Å². The number of methoxy groups -OCH3 is 1. The van der Waals surface area contributed by atoms with Gasteiger partial charge in [0.25, 0.3) is 0 Å². The Balaban J connectivity index is 1.72. The maximum atomic E-state index is 5.33. The number of nitrogens with zero attached hydrogens (tertiary/aromatic N) is 2. The molecule has 0 saturated carbocycles. The lowest BCUT2D eigenvalue weighted by Gasteiger charge is -2.24. The number of thiazole rings is 1. The van der Waals surface area contributed by atoms with Gasteiger partial charge in [0.15, 0.2) is 0 Å². The number of aromatic nitrogens is 1. The molecule has 4 aromatic carbocycles. The number of benzene rings is 4. The van der Waals surface area contributed by atoms with Crippen LogP contribution >= 0.6 is 11.3 Å². The third kappa shape index (κ3) is 4.01. The van der Waals surface area contributed by atoms with Crippen LogP contribution in [0, 0.1) is 0 Å². The summed E-state index contributed by atoms with van der Waals surface area (Å²) in [6.45, 7) is 0. The summed E-state index contributed by atoms with van der Waals surface area (Å²) in [6.07, 6.45) is 0. The molecule has 32 heavy (non-hydrogen) atoms. The van der Waals surface area contributed by atoms with Crippen LogP contribution in [-0.2, 0) is 0 Å². The molecule has 4 heteroatoms. The molecule has 0 N–H and O–H groups in total. The molecule has 0 aliphatic carbocycles. The van der Waals surface area contributed by atoms with Crippen molar-refractivity contribution in [2.24, 2.45) is 0 Å². The number of anilines is 3. The second-order valence-electron chi connectivity index (χ2n) is 7.27. The fourth-order valence-corrected chi connectivity index (χ4v) is 4.78. The average molecular weight is 435 g/mol. The molecule has 0 fully saturated rings. The van der Waals surface area contributed by atoms with E-state index in [0.29, 0.717) is 0 Å². The van der Waals surface area contributed by atoms with Gasteiger partial charge in [0.05, 0.1) is 7.11 Å². The normalized spacial score (nSPS) is 10.7. The molecule has 1 heterocycles. The average Bonchev–Trinajstić information content (AvgIpc) is 3.31. The minimum absolute atomic E-state index is 0.837. The van der Waals surface area contributed by atoms with Crippen LogP contribution in [0.3, 0.4) is 0 Å². The molecule has 0 atom stereocenters. The van der Waals surface area contributed by atoms with E-state index < -0.39 is 0 Å². The molecular weight excluding hydrogens is 412 g/mol. The van der Waals surface area contributed by atoms with Crippen LogP contribution in [0.2, 0.25) is 0 Å². The second-order valence-corrected chi connectivity index (χ2v) is 8.25. The third-order valence-corrected chi connectivity index (χ3v) is 6.31. The fraction of sp³-hybridized carbons (Fsp3) is 0.0357. The summed E-state index contributed by atoms with van der Waals surface area (Å²) in [5.41, 5.74) is 5.33. The molecule has 0 aliphatic rings. The summed E-state index contributed by atoms with van der Waals surface area (Å²) in [7, 11) is 1.68. The van der Waals surface area contributed by atoms with Crippen molar-refractivity contribution in [2.45, 2.75) is 0 Å². The van der Waals surface area contributed by atoms with E-state index in [1.807, 2.05) is 30.3 Å². The van der Waals surface area contributed by atoms with Crippen molar-refractivity contribution < 1.29 is 4.74 Å². The van der Waals surface area contributed by atoms with Gasteiger partial charge in [-0.3, -0.25) is 0 Å². The predicted octanol–water partition coefficient (Wildman–Crippen LogP) is 7.96. The van der Waals surface area contributed by atoms with Gasteiger partial charge in [0.1, 0.15) is 21.5 Å². The lowest BCUT2D eigenvalue weighted by atomic mass is 10.1. The largest absolute Gasteiger partial charge is 0.497 e. The number of hydrogen-bond acceptors (Lipinski definition) is 4. The van der Waals surface area contributed by atoms with Crippen molar-refractivity contribution in [3.05, 3.63) is 115 Å². The molecule has 0 spiro atoms. The van der Waals surface area contributed by atoms with Crippen molar-refractivity contribution in [1.29, 1.82) is 0 Å². The van der Waals surface area contributed by atoms with Crippen molar-refractivity contribution in [3.63, 3.8) is 0 Å². The highest BCUT2D eigenvalue weighted by Gasteiger charge is 2.22. The summed E-state index contributed by atoms with van der Waals surface area (Å²) >= 11 is 1.69. The van der Waals surface area contributed by atoms with Crippen molar-refractivity contribution >= 4 is 27.7 Å². The van der Waals surface area contributed by atoms with E-state index in [2.05, 4.69) is 89.8 Å². The summed E-state index contributed by atoms with van der Waals surface area (Å²) in [5, 5.41) is 2.05. The van der Waals surface area contributed by atoms with Crippen LogP contribution in [0.25, 0.3) is 21.8 Å². The SMILES string of the molecule is COc1ccc(-c2nc(-c3ccccc3)c(N(c3ccccc3)c3ccccc3)s2)cc1. The molecule has 0 bridgehead atoms. The van der Waals surface area contributed by atoms with E-state index in [1.54, 1.807) is 18.4 Å². The van der Waals surface area contributed by atoms with Crippen LogP contribution in [-0.4, -0.2) is 12.1 Å². The molecule has 5 aromatic rings. The lowest BCUT2D eigenvalue weighted by Crippen LogP contribution is -2.09. The van der Waals surface area contributed by atoms with E-state index in [4.69, 9.17) is 9.72 Å². The topological polar surface area (TPSA) is 25.4 Å². The predicted molar refractivity (Wildman–Crippen MR) is 134 cm³/mol. The molecule has 0 unspecified atom stereocenters. The van der Waals surface area contributed by atoms with E-state index in [0.717, 1.165) is 44.0 Å². The van der Waals surface area contributed by atoms with Crippen LogP contribution in [0.5, 0.6) is 5.75 Å². The Hall–Kier alpha value is -3.89. The van der Waals surface area contributed by atoms with Gasteiger partial charge in [-0.05, 0) is 48.5 Å². The van der Waals surface area contributed by atoms with E-state index in [9.17, 15) is 0 Å². The Morgan fingerprint density at radius 3 is 1.69 bits per heavy atom. The van der Waals surface area contributed by atoms with Gasteiger partial charge >= 0.3 is 0 Å². The number of rotatable bonds is 6. The first-order chi connectivity index (χ1) is 15.8. The lowest BCUT2D eigenvalue weighted by molar-refractivity contribution is 0.415. The molecule has 3 nitrogen and oxygen atoms in total. The maximum Gasteiger partial charge on any atom is 0.129 e.